The first-order chi connectivity index (χ1) is 10.3. The van der Waals surface area contributed by atoms with Gasteiger partial charge in [0.25, 0.3) is 0 Å². The number of nitrogens with zero attached hydrogens (tertiary/aromatic N) is 1. The molecule has 2 aliphatic heterocycles. The van der Waals surface area contributed by atoms with Gasteiger partial charge < -0.3 is 10.6 Å². The van der Waals surface area contributed by atoms with Crippen molar-refractivity contribution in [2.24, 2.45) is 5.92 Å². The van der Waals surface area contributed by atoms with E-state index in [-0.39, 0.29) is 5.91 Å². The van der Waals surface area contributed by atoms with E-state index in [0.717, 1.165) is 38.5 Å². The number of amides is 1. The molecule has 1 amide bonds. The maximum absolute atomic E-state index is 12.1. The summed E-state index contributed by atoms with van der Waals surface area (Å²) < 4.78 is 0. The molecule has 118 valence electrons. The summed E-state index contributed by atoms with van der Waals surface area (Å²) in [6.45, 7) is 4.67. The van der Waals surface area contributed by atoms with E-state index in [0.29, 0.717) is 12.6 Å². The van der Waals surface area contributed by atoms with Crippen LogP contribution in [0.5, 0.6) is 0 Å². The molecule has 0 bridgehead atoms. The molecule has 0 aromatic rings. The molecular weight excluding hydrogens is 262 g/mol. The number of hydrogen-bond donors (Lipinski definition) is 2. The molecule has 2 N–H and O–H groups in total. The molecule has 2 atom stereocenters. The van der Waals surface area contributed by atoms with Gasteiger partial charge in [0.1, 0.15) is 0 Å². The SMILES string of the molecule is O=C(CN1C[C@@H]2CCCN[C@@H]2C1)NCCC1=CCCCC1. The third-order valence-electron chi connectivity index (χ3n) is 5.20. The summed E-state index contributed by atoms with van der Waals surface area (Å²) in [5, 5.41) is 6.69. The largest absolute Gasteiger partial charge is 0.355 e. The zero-order valence-electron chi connectivity index (χ0n) is 13.1. The molecule has 3 aliphatic rings. The zero-order chi connectivity index (χ0) is 14.5. The molecule has 0 radical (unpaired) electrons. The van der Waals surface area contributed by atoms with Gasteiger partial charge in [-0.15, -0.1) is 0 Å². The fourth-order valence-corrected chi connectivity index (χ4v) is 4.02. The van der Waals surface area contributed by atoms with Crippen LogP contribution in [0.1, 0.15) is 44.9 Å². The molecule has 0 aromatic heterocycles. The Morgan fingerprint density at radius 3 is 3.10 bits per heavy atom. The molecular formula is C17H29N3O. The highest BCUT2D eigenvalue weighted by Crippen LogP contribution is 2.24. The first kappa shape index (κ1) is 15.0. The summed E-state index contributed by atoms with van der Waals surface area (Å²) in [7, 11) is 0. The Morgan fingerprint density at radius 1 is 1.33 bits per heavy atom. The van der Waals surface area contributed by atoms with E-state index in [1.54, 1.807) is 0 Å². The molecule has 2 heterocycles. The van der Waals surface area contributed by atoms with Gasteiger partial charge in [-0.1, -0.05) is 11.6 Å². The fourth-order valence-electron chi connectivity index (χ4n) is 4.02. The minimum atomic E-state index is 0.199. The molecule has 1 aliphatic carbocycles. The fraction of sp³-hybridized carbons (Fsp3) is 0.824. The van der Waals surface area contributed by atoms with Gasteiger partial charge in [-0.3, -0.25) is 9.69 Å². The lowest BCUT2D eigenvalue weighted by atomic mass is 9.94. The Morgan fingerprint density at radius 2 is 2.29 bits per heavy atom. The Balaban J connectivity index is 1.34. The van der Waals surface area contributed by atoms with Gasteiger partial charge >= 0.3 is 0 Å². The molecule has 3 rings (SSSR count). The van der Waals surface area contributed by atoms with Crippen LogP contribution in [0, 0.1) is 5.92 Å². The third kappa shape index (κ3) is 4.30. The summed E-state index contributed by atoms with van der Waals surface area (Å²) >= 11 is 0. The zero-order valence-corrected chi connectivity index (χ0v) is 13.1. The Kier molecular flexibility index (Phi) is 5.31. The lowest BCUT2D eigenvalue weighted by molar-refractivity contribution is -0.122. The minimum absolute atomic E-state index is 0.199. The smallest absolute Gasteiger partial charge is 0.234 e. The molecule has 21 heavy (non-hydrogen) atoms. The summed E-state index contributed by atoms with van der Waals surface area (Å²) in [5.74, 6) is 0.962. The van der Waals surface area contributed by atoms with Gasteiger partial charge in [0.05, 0.1) is 6.54 Å². The molecule has 0 aromatic carbocycles. The van der Waals surface area contributed by atoms with E-state index >= 15 is 0 Å². The normalized spacial score (nSPS) is 29.8. The van der Waals surface area contributed by atoms with E-state index in [4.69, 9.17) is 0 Å². The van der Waals surface area contributed by atoms with E-state index in [9.17, 15) is 4.79 Å². The summed E-state index contributed by atoms with van der Waals surface area (Å²) in [6, 6.07) is 0.624. The van der Waals surface area contributed by atoms with Crippen LogP contribution in [-0.2, 0) is 4.79 Å². The van der Waals surface area contributed by atoms with Crippen LogP contribution in [0.2, 0.25) is 0 Å². The summed E-state index contributed by atoms with van der Waals surface area (Å²) in [6.07, 6.45) is 11.1. The molecule has 4 heteroatoms. The van der Waals surface area contributed by atoms with E-state index < -0.39 is 0 Å². The Bertz CT molecular complexity index is 379. The van der Waals surface area contributed by atoms with Gasteiger partial charge in [-0.05, 0) is 57.4 Å². The van der Waals surface area contributed by atoms with Crippen LogP contribution in [0.3, 0.4) is 0 Å². The third-order valence-corrected chi connectivity index (χ3v) is 5.20. The van der Waals surface area contributed by atoms with Crippen LogP contribution < -0.4 is 10.6 Å². The molecule has 0 saturated carbocycles. The highest BCUT2D eigenvalue weighted by Gasteiger charge is 2.34. The summed E-state index contributed by atoms with van der Waals surface area (Å²) in [5.41, 5.74) is 1.54. The number of allylic oxidation sites excluding steroid dienone is 1. The predicted molar refractivity (Wildman–Crippen MR) is 85.1 cm³/mol. The van der Waals surface area contributed by atoms with Crippen LogP contribution in [0.25, 0.3) is 0 Å². The maximum atomic E-state index is 12.1. The number of carbonyl (C=O) groups is 1. The monoisotopic (exact) mass is 291 g/mol. The van der Waals surface area contributed by atoms with Gasteiger partial charge in [-0.2, -0.15) is 0 Å². The van der Waals surface area contributed by atoms with Gasteiger partial charge in [0.15, 0.2) is 0 Å². The van der Waals surface area contributed by atoms with E-state index in [2.05, 4.69) is 21.6 Å². The van der Waals surface area contributed by atoms with Crippen LogP contribution in [-0.4, -0.2) is 49.6 Å². The Hall–Kier alpha value is -0.870. The minimum Gasteiger partial charge on any atom is -0.355 e. The first-order valence-electron chi connectivity index (χ1n) is 8.71. The number of hydrogen-bond acceptors (Lipinski definition) is 3. The lowest BCUT2D eigenvalue weighted by Gasteiger charge is -2.24. The van der Waals surface area contributed by atoms with Gasteiger partial charge in [-0.25, -0.2) is 0 Å². The lowest BCUT2D eigenvalue weighted by Crippen LogP contribution is -2.41. The number of likely N-dealkylation sites (tertiary alicyclic amines) is 1. The highest BCUT2D eigenvalue weighted by atomic mass is 16.2. The number of rotatable bonds is 5. The van der Waals surface area contributed by atoms with Crippen molar-refractivity contribution in [2.45, 2.75) is 51.0 Å². The van der Waals surface area contributed by atoms with Crippen molar-refractivity contribution in [3.63, 3.8) is 0 Å². The molecule has 0 unspecified atom stereocenters. The predicted octanol–water partition coefficient (Wildman–Crippen LogP) is 1.68. The number of carbonyl (C=O) groups excluding carboxylic acids is 1. The molecule has 0 spiro atoms. The van der Waals surface area contributed by atoms with Gasteiger partial charge in [0.2, 0.25) is 5.91 Å². The standard InChI is InChI=1S/C17H29N3O/c21-17(19-10-8-14-5-2-1-3-6-14)13-20-11-15-7-4-9-18-16(15)12-20/h5,15-16,18H,1-4,6-13H2,(H,19,21)/t15-,16+/m0/s1. The second-order valence-electron chi connectivity index (χ2n) is 6.87. The van der Waals surface area contributed by atoms with Crippen molar-refractivity contribution in [1.82, 2.24) is 15.5 Å². The van der Waals surface area contributed by atoms with Crippen molar-refractivity contribution in [1.29, 1.82) is 0 Å². The van der Waals surface area contributed by atoms with Crippen molar-refractivity contribution < 1.29 is 4.79 Å². The quantitative estimate of drug-likeness (QED) is 0.758. The average molecular weight is 291 g/mol. The van der Waals surface area contributed by atoms with Crippen molar-refractivity contribution in [3.05, 3.63) is 11.6 Å². The number of piperidine rings is 1. The first-order valence-corrected chi connectivity index (χ1v) is 8.71. The maximum Gasteiger partial charge on any atom is 0.234 e. The van der Waals surface area contributed by atoms with Crippen LogP contribution >= 0.6 is 0 Å². The molecule has 2 fully saturated rings. The van der Waals surface area contributed by atoms with E-state index in [1.165, 1.54) is 44.1 Å². The van der Waals surface area contributed by atoms with Crippen molar-refractivity contribution in [3.8, 4) is 0 Å². The topological polar surface area (TPSA) is 44.4 Å². The molecule has 2 saturated heterocycles. The second kappa shape index (κ2) is 7.41. The number of nitrogens with one attached hydrogen (secondary N) is 2. The highest BCUT2D eigenvalue weighted by molar-refractivity contribution is 5.78. The van der Waals surface area contributed by atoms with Crippen molar-refractivity contribution in [2.75, 3.05) is 32.7 Å². The summed E-state index contributed by atoms with van der Waals surface area (Å²) in [4.78, 5) is 14.4. The number of fused-ring (bicyclic) bond motifs is 1. The Labute approximate surface area is 128 Å². The van der Waals surface area contributed by atoms with Crippen LogP contribution in [0.15, 0.2) is 11.6 Å². The average Bonchev–Trinajstić information content (AvgIpc) is 2.90. The molecule has 4 nitrogen and oxygen atoms in total. The second-order valence-corrected chi connectivity index (χ2v) is 6.87. The van der Waals surface area contributed by atoms with Crippen molar-refractivity contribution >= 4 is 5.91 Å². The van der Waals surface area contributed by atoms with Gasteiger partial charge in [0, 0.05) is 25.7 Å². The van der Waals surface area contributed by atoms with Crippen LogP contribution in [0.4, 0.5) is 0 Å². The van der Waals surface area contributed by atoms with E-state index in [1.807, 2.05) is 0 Å².